The molecule has 3 aromatic rings. The maximum atomic E-state index is 13.9. The van der Waals surface area contributed by atoms with E-state index in [1.54, 1.807) is 30.5 Å². The lowest BCUT2D eigenvalue weighted by Crippen LogP contribution is -2.31. The van der Waals surface area contributed by atoms with Gasteiger partial charge < -0.3 is 10.7 Å². The van der Waals surface area contributed by atoms with Crippen LogP contribution in [0.3, 0.4) is 0 Å². The van der Waals surface area contributed by atoms with Gasteiger partial charge in [-0.15, -0.1) is 5.10 Å². The van der Waals surface area contributed by atoms with Crippen LogP contribution >= 0.6 is 0 Å². The quantitative estimate of drug-likeness (QED) is 0.321. The van der Waals surface area contributed by atoms with Gasteiger partial charge in [0.15, 0.2) is 0 Å². The summed E-state index contributed by atoms with van der Waals surface area (Å²) in [5.74, 6) is -0.347. The molecule has 1 aromatic carbocycles. The molecule has 3 rings (SSSR count). The van der Waals surface area contributed by atoms with Crippen molar-refractivity contribution in [3.63, 3.8) is 0 Å². The molecular weight excluding hydrogens is 320 g/mol. The van der Waals surface area contributed by atoms with Crippen molar-refractivity contribution < 1.29 is 9.80 Å². The molecule has 2 radical (unpaired) electrons. The number of para-hydroxylation sites is 1. The highest BCUT2D eigenvalue weighted by Crippen LogP contribution is 2.22. The van der Waals surface area contributed by atoms with Crippen LogP contribution in [0.1, 0.15) is 29.9 Å². The van der Waals surface area contributed by atoms with Crippen LogP contribution in [0, 0.1) is 5.82 Å². The molecule has 5 N–H and O–H groups in total. The van der Waals surface area contributed by atoms with Crippen LogP contribution in [0.25, 0.3) is 5.69 Å². The Morgan fingerprint density at radius 2 is 2.24 bits per heavy atom. The van der Waals surface area contributed by atoms with Crippen LogP contribution in [-0.2, 0) is 0 Å². The molecule has 0 aliphatic carbocycles. The van der Waals surface area contributed by atoms with E-state index in [9.17, 15) is 4.39 Å². The van der Waals surface area contributed by atoms with Crippen LogP contribution in [0.4, 0.5) is 4.39 Å². The van der Waals surface area contributed by atoms with E-state index >= 15 is 0 Å². The number of nitrogens with two attached hydrogens (primary N) is 2. The zero-order chi connectivity index (χ0) is 18.0. The van der Waals surface area contributed by atoms with Crippen molar-refractivity contribution in [2.75, 3.05) is 0 Å². The van der Waals surface area contributed by atoms with Gasteiger partial charge in [-0.1, -0.05) is 29.7 Å². The SMILES string of the molecule is [B]c1cc(C(C)c2cn(-c3ccccc3F)nn2)[nH]c1C(N)=NC=[NH2+]. The second kappa shape index (κ2) is 6.72. The molecule has 0 saturated carbocycles. The van der Waals surface area contributed by atoms with Gasteiger partial charge in [0.2, 0.25) is 0 Å². The Hall–Kier alpha value is -3.23. The van der Waals surface area contributed by atoms with Crippen molar-refractivity contribution in [3.8, 4) is 5.69 Å². The molecule has 2 aromatic heterocycles. The summed E-state index contributed by atoms with van der Waals surface area (Å²) in [5.41, 5.74) is 8.51. The molecular formula is C16H16BFN7+. The molecule has 0 fully saturated rings. The van der Waals surface area contributed by atoms with Crippen LogP contribution in [-0.4, -0.2) is 40.0 Å². The lowest BCUT2D eigenvalue weighted by atomic mass is 9.94. The fourth-order valence-electron chi connectivity index (χ4n) is 2.47. The van der Waals surface area contributed by atoms with E-state index < -0.39 is 0 Å². The lowest BCUT2D eigenvalue weighted by Gasteiger charge is -2.05. The van der Waals surface area contributed by atoms with Crippen molar-refractivity contribution in [2.24, 2.45) is 10.7 Å². The van der Waals surface area contributed by atoms with E-state index in [0.717, 1.165) is 12.0 Å². The Bertz CT molecular complexity index is 944. The minimum Gasteiger partial charge on any atom is -0.361 e. The first-order valence-corrected chi connectivity index (χ1v) is 7.53. The molecule has 1 unspecified atom stereocenters. The Balaban J connectivity index is 1.91. The minimum absolute atomic E-state index is 0.161. The maximum Gasteiger partial charge on any atom is 0.280 e. The molecule has 0 aliphatic rings. The van der Waals surface area contributed by atoms with E-state index in [1.165, 1.54) is 10.7 Å². The average molecular weight is 336 g/mol. The van der Waals surface area contributed by atoms with Crippen molar-refractivity contribution in [2.45, 2.75) is 12.8 Å². The zero-order valence-corrected chi connectivity index (χ0v) is 13.5. The highest BCUT2D eigenvalue weighted by atomic mass is 19.1. The largest absolute Gasteiger partial charge is 0.361 e. The average Bonchev–Trinajstić information content (AvgIpc) is 3.22. The molecule has 25 heavy (non-hydrogen) atoms. The van der Waals surface area contributed by atoms with Gasteiger partial charge in [0, 0.05) is 11.6 Å². The predicted octanol–water partition coefficient (Wildman–Crippen LogP) is -0.827. The number of nitrogens with zero attached hydrogens (tertiary/aromatic N) is 4. The normalized spacial score (nSPS) is 13.0. The van der Waals surface area contributed by atoms with E-state index in [4.69, 9.17) is 19.0 Å². The summed E-state index contributed by atoms with van der Waals surface area (Å²) in [6.45, 7) is 1.92. The van der Waals surface area contributed by atoms with Gasteiger partial charge in [0.25, 0.3) is 12.2 Å². The first kappa shape index (κ1) is 16.6. The molecule has 1 atom stereocenters. The fourth-order valence-corrected chi connectivity index (χ4v) is 2.47. The van der Waals surface area contributed by atoms with Crippen LogP contribution in [0.5, 0.6) is 0 Å². The summed E-state index contributed by atoms with van der Waals surface area (Å²) in [4.78, 5) is 6.93. The smallest absolute Gasteiger partial charge is 0.280 e. The first-order valence-electron chi connectivity index (χ1n) is 7.53. The van der Waals surface area contributed by atoms with E-state index in [2.05, 4.69) is 20.3 Å². The maximum absolute atomic E-state index is 13.9. The highest BCUT2D eigenvalue weighted by molar-refractivity contribution is 6.36. The van der Waals surface area contributed by atoms with Gasteiger partial charge in [-0.2, -0.15) is 0 Å². The summed E-state index contributed by atoms with van der Waals surface area (Å²) in [6, 6.07) is 8.10. The number of benzene rings is 1. The Kier molecular flexibility index (Phi) is 4.47. The van der Waals surface area contributed by atoms with Crippen molar-refractivity contribution in [1.29, 1.82) is 0 Å². The summed E-state index contributed by atoms with van der Waals surface area (Å²) >= 11 is 0. The minimum atomic E-state index is -0.375. The second-order valence-electron chi connectivity index (χ2n) is 5.48. The summed E-state index contributed by atoms with van der Waals surface area (Å²) < 4.78 is 15.3. The molecule has 9 heteroatoms. The number of aromatic nitrogens is 4. The number of halogens is 1. The molecule has 0 saturated heterocycles. The molecule has 124 valence electrons. The highest BCUT2D eigenvalue weighted by Gasteiger charge is 2.19. The van der Waals surface area contributed by atoms with Gasteiger partial charge in [0.05, 0.1) is 11.9 Å². The van der Waals surface area contributed by atoms with E-state index in [-0.39, 0.29) is 17.6 Å². The number of amidine groups is 1. The third kappa shape index (κ3) is 3.21. The lowest BCUT2D eigenvalue weighted by molar-refractivity contribution is -0.106. The first-order chi connectivity index (χ1) is 12.0. The number of hydrogen-bond acceptors (Lipinski definition) is 2. The van der Waals surface area contributed by atoms with E-state index in [1.807, 2.05) is 6.92 Å². The number of hydrogen-bond donors (Lipinski definition) is 3. The number of aliphatic imine (C=N–C) groups is 1. The number of aromatic amines is 1. The molecule has 0 bridgehead atoms. The molecule has 0 spiro atoms. The third-order valence-electron chi connectivity index (χ3n) is 3.86. The monoisotopic (exact) mass is 336 g/mol. The standard InChI is InChI=1S/C16H15BFN7/c1-9(12-6-10(17)15(22-12)16(20)21-8-19)13-7-25(24-23-13)14-5-3-2-4-11(14)18/h2-9,22H,1H3,(H3,19,20,21)/p+1. The Morgan fingerprint density at radius 3 is 2.96 bits per heavy atom. The Morgan fingerprint density at radius 1 is 1.48 bits per heavy atom. The van der Waals surface area contributed by atoms with Crippen molar-refractivity contribution in [3.05, 3.63) is 59.4 Å². The summed E-state index contributed by atoms with van der Waals surface area (Å²) in [6.07, 6.45) is 2.77. The number of rotatable bonds is 5. The van der Waals surface area contributed by atoms with Crippen LogP contribution in [0.2, 0.25) is 0 Å². The van der Waals surface area contributed by atoms with Crippen molar-refractivity contribution in [1.82, 2.24) is 20.0 Å². The van der Waals surface area contributed by atoms with Gasteiger partial charge in [0.1, 0.15) is 25.0 Å². The number of nitrogens with one attached hydrogen (secondary N) is 1. The summed E-state index contributed by atoms with van der Waals surface area (Å²) in [7, 11) is 5.97. The summed E-state index contributed by atoms with van der Waals surface area (Å²) in [5, 5.41) is 13.4. The van der Waals surface area contributed by atoms with Gasteiger partial charge in [-0.25, -0.2) is 9.07 Å². The van der Waals surface area contributed by atoms with Gasteiger partial charge in [-0.05, 0) is 23.2 Å². The third-order valence-corrected chi connectivity index (χ3v) is 3.86. The fraction of sp³-hybridized carbons (Fsp3) is 0.125. The predicted molar refractivity (Wildman–Crippen MR) is 93.7 cm³/mol. The second-order valence-corrected chi connectivity index (χ2v) is 5.48. The topological polar surface area (TPSA) is 110 Å². The molecule has 0 aliphatic heterocycles. The number of H-pyrrole nitrogens is 1. The van der Waals surface area contributed by atoms with Crippen molar-refractivity contribution >= 4 is 25.5 Å². The van der Waals surface area contributed by atoms with Crippen LogP contribution in [0.15, 0.2) is 41.5 Å². The molecule has 2 heterocycles. The van der Waals surface area contributed by atoms with Gasteiger partial charge in [-0.3, -0.25) is 5.41 Å². The van der Waals surface area contributed by atoms with E-state index in [0.29, 0.717) is 22.5 Å². The Labute approximate surface area is 144 Å². The van der Waals surface area contributed by atoms with Crippen LogP contribution < -0.4 is 16.6 Å². The molecule has 7 nitrogen and oxygen atoms in total. The zero-order valence-electron chi connectivity index (χ0n) is 13.5. The molecule has 0 amide bonds. The van der Waals surface area contributed by atoms with Gasteiger partial charge >= 0.3 is 0 Å².